The summed E-state index contributed by atoms with van der Waals surface area (Å²) in [4.78, 5) is 14.3. The van der Waals surface area contributed by atoms with Gasteiger partial charge in [0.15, 0.2) is 0 Å². The van der Waals surface area contributed by atoms with Crippen LogP contribution in [0.15, 0.2) is 71.2 Å². The Labute approximate surface area is 169 Å². The average molecular weight is 385 g/mol. The number of likely N-dealkylation sites (N-methyl/N-ethyl adjacent to an activating group) is 1. The quantitative estimate of drug-likeness (QED) is 0.459. The first-order chi connectivity index (χ1) is 14.0. The van der Waals surface area contributed by atoms with Crippen molar-refractivity contribution < 1.29 is 9.21 Å². The van der Waals surface area contributed by atoms with Crippen LogP contribution in [-0.4, -0.2) is 27.6 Å². The molecular formula is C24H23N3O2. The summed E-state index contributed by atoms with van der Waals surface area (Å²) in [5.74, 6) is 0.578. The molecule has 2 heterocycles. The van der Waals surface area contributed by atoms with Gasteiger partial charge >= 0.3 is 0 Å². The number of aromatic nitrogens is 2. The molecule has 0 aliphatic carbocycles. The minimum absolute atomic E-state index is 0.0864. The Kier molecular flexibility index (Phi) is 5.04. The summed E-state index contributed by atoms with van der Waals surface area (Å²) < 4.78 is 7.66. The Morgan fingerprint density at radius 3 is 2.59 bits per heavy atom. The van der Waals surface area contributed by atoms with E-state index in [4.69, 9.17) is 4.42 Å². The van der Waals surface area contributed by atoms with Crippen molar-refractivity contribution in [1.29, 1.82) is 0 Å². The number of nitrogens with zero attached hydrogens (tertiary/aromatic N) is 3. The number of amides is 1. The van der Waals surface area contributed by atoms with Crippen LogP contribution < -0.4 is 0 Å². The summed E-state index contributed by atoms with van der Waals surface area (Å²) in [6, 6.07) is 19.7. The van der Waals surface area contributed by atoms with Gasteiger partial charge in [0.2, 0.25) is 5.91 Å². The highest BCUT2D eigenvalue weighted by Crippen LogP contribution is 2.21. The standard InChI is InChI=1S/C24H23N3O2/c1-17-22(18(2)27(25-17)20-10-5-4-6-11-20)16-26(3)24(28)14-13-21-15-19-9-7-8-12-23(19)29-21/h4-15H,16H2,1-3H3/b14-13+. The van der Waals surface area contributed by atoms with Crippen LogP contribution in [-0.2, 0) is 11.3 Å². The first-order valence-electron chi connectivity index (χ1n) is 9.55. The topological polar surface area (TPSA) is 51.3 Å². The molecule has 0 bridgehead atoms. The monoisotopic (exact) mass is 385 g/mol. The number of aryl methyl sites for hydroxylation is 1. The SMILES string of the molecule is Cc1nn(-c2ccccc2)c(C)c1CN(C)C(=O)/C=C/c1cc2ccccc2o1. The lowest BCUT2D eigenvalue weighted by Gasteiger charge is -2.15. The number of benzene rings is 2. The number of fused-ring (bicyclic) bond motifs is 1. The van der Waals surface area contributed by atoms with Gasteiger partial charge in [-0.05, 0) is 44.2 Å². The van der Waals surface area contributed by atoms with E-state index in [0.717, 1.165) is 33.6 Å². The van der Waals surface area contributed by atoms with Gasteiger partial charge in [-0.15, -0.1) is 0 Å². The maximum absolute atomic E-state index is 12.6. The number of hydrogen-bond donors (Lipinski definition) is 0. The zero-order valence-corrected chi connectivity index (χ0v) is 16.8. The molecule has 146 valence electrons. The molecule has 4 rings (SSSR count). The van der Waals surface area contributed by atoms with Crippen LogP contribution in [0, 0.1) is 13.8 Å². The fourth-order valence-electron chi connectivity index (χ4n) is 3.40. The fourth-order valence-corrected chi connectivity index (χ4v) is 3.40. The molecule has 0 atom stereocenters. The van der Waals surface area contributed by atoms with Crippen molar-refractivity contribution in [2.45, 2.75) is 20.4 Å². The second-order valence-electron chi connectivity index (χ2n) is 7.11. The van der Waals surface area contributed by atoms with Crippen molar-refractivity contribution in [3.8, 4) is 5.69 Å². The lowest BCUT2D eigenvalue weighted by Crippen LogP contribution is -2.24. The molecule has 0 radical (unpaired) electrons. The molecule has 0 saturated carbocycles. The zero-order chi connectivity index (χ0) is 20.4. The summed E-state index contributed by atoms with van der Waals surface area (Å²) in [5.41, 5.74) is 4.84. The van der Waals surface area contributed by atoms with Gasteiger partial charge in [0.05, 0.1) is 11.4 Å². The van der Waals surface area contributed by atoms with E-state index >= 15 is 0 Å². The summed E-state index contributed by atoms with van der Waals surface area (Å²) >= 11 is 0. The Hall–Kier alpha value is -3.60. The highest BCUT2D eigenvalue weighted by molar-refractivity contribution is 5.92. The predicted molar refractivity (Wildman–Crippen MR) is 115 cm³/mol. The lowest BCUT2D eigenvalue weighted by molar-refractivity contribution is -0.125. The van der Waals surface area contributed by atoms with Gasteiger partial charge in [0, 0.05) is 36.3 Å². The third-order valence-corrected chi connectivity index (χ3v) is 5.05. The van der Waals surface area contributed by atoms with Crippen LogP contribution in [0.25, 0.3) is 22.7 Å². The molecule has 0 saturated heterocycles. The van der Waals surface area contributed by atoms with E-state index in [1.54, 1.807) is 24.1 Å². The minimum Gasteiger partial charge on any atom is -0.457 e. The molecule has 2 aromatic carbocycles. The molecule has 1 amide bonds. The van der Waals surface area contributed by atoms with Crippen molar-refractivity contribution in [1.82, 2.24) is 14.7 Å². The average Bonchev–Trinajstić information content (AvgIpc) is 3.28. The maximum atomic E-state index is 12.6. The molecule has 0 aliphatic rings. The number of para-hydroxylation sites is 2. The Morgan fingerprint density at radius 1 is 1.10 bits per heavy atom. The summed E-state index contributed by atoms with van der Waals surface area (Å²) in [6.07, 6.45) is 3.26. The fraction of sp³-hybridized carbons (Fsp3) is 0.167. The molecule has 5 heteroatoms. The second kappa shape index (κ2) is 7.80. The number of carbonyl (C=O) groups is 1. The molecule has 0 fully saturated rings. The predicted octanol–water partition coefficient (Wildman–Crippen LogP) is 4.91. The molecular weight excluding hydrogens is 362 g/mol. The van der Waals surface area contributed by atoms with Gasteiger partial charge in [-0.25, -0.2) is 4.68 Å². The van der Waals surface area contributed by atoms with Gasteiger partial charge in [-0.2, -0.15) is 5.10 Å². The third-order valence-electron chi connectivity index (χ3n) is 5.05. The normalized spacial score (nSPS) is 11.4. The molecule has 0 unspecified atom stereocenters. The van der Waals surface area contributed by atoms with E-state index in [2.05, 4.69) is 5.10 Å². The van der Waals surface area contributed by atoms with Crippen LogP contribution in [0.2, 0.25) is 0 Å². The molecule has 4 aromatic rings. The van der Waals surface area contributed by atoms with Crippen LogP contribution in [0.4, 0.5) is 0 Å². The molecule has 0 N–H and O–H groups in total. The van der Waals surface area contributed by atoms with E-state index in [9.17, 15) is 4.79 Å². The molecule has 5 nitrogen and oxygen atoms in total. The highest BCUT2D eigenvalue weighted by Gasteiger charge is 2.16. The number of hydrogen-bond acceptors (Lipinski definition) is 3. The largest absolute Gasteiger partial charge is 0.457 e. The van der Waals surface area contributed by atoms with Crippen molar-refractivity contribution in [2.24, 2.45) is 0 Å². The first-order valence-corrected chi connectivity index (χ1v) is 9.55. The van der Waals surface area contributed by atoms with Gasteiger partial charge in [0.1, 0.15) is 11.3 Å². The van der Waals surface area contributed by atoms with Crippen molar-refractivity contribution >= 4 is 23.0 Å². The van der Waals surface area contributed by atoms with E-state index in [1.807, 2.05) is 79.2 Å². The van der Waals surface area contributed by atoms with Gasteiger partial charge in [-0.3, -0.25) is 4.79 Å². The summed E-state index contributed by atoms with van der Waals surface area (Å²) in [5, 5.41) is 5.68. The van der Waals surface area contributed by atoms with Crippen molar-refractivity contribution in [3.63, 3.8) is 0 Å². The lowest BCUT2D eigenvalue weighted by atomic mass is 10.2. The molecule has 0 aliphatic heterocycles. The molecule has 2 aromatic heterocycles. The van der Waals surface area contributed by atoms with E-state index in [1.165, 1.54) is 0 Å². The van der Waals surface area contributed by atoms with E-state index < -0.39 is 0 Å². The maximum Gasteiger partial charge on any atom is 0.246 e. The molecule has 29 heavy (non-hydrogen) atoms. The summed E-state index contributed by atoms with van der Waals surface area (Å²) in [7, 11) is 1.80. The van der Waals surface area contributed by atoms with Crippen LogP contribution in [0.3, 0.4) is 0 Å². The number of furan rings is 1. The molecule has 0 spiro atoms. The number of rotatable bonds is 5. The van der Waals surface area contributed by atoms with Crippen molar-refractivity contribution in [3.05, 3.63) is 89.5 Å². The van der Waals surface area contributed by atoms with E-state index in [0.29, 0.717) is 12.3 Å². The van der Waals surface area contributed by atoms with Crippen LogP contribution in [0.5, 0.6) is 0 Å². The van der Waals surface area contributed by atoms with E-state index in [-0.39, 0.29) is 5.91 Å². The Morgan fingerprint density at radius 2 is 1.83 bits per heavy atom. The highest BCUT2D eigenvalue weighted by atomic mass is 16.3. The smallest absolute Gasteiger partial charge is 0.246 e. The third kappa shape index (κ3) is 3.85. The van der Waals surface area contributed by atoms with Gasteiger partial charge < -0.3 is 9.32 Å². The van der Waals surface area contributed by atoms with Crippen LogP contribution >= 0.6 is 0 Å². The van der Waals surface area contributed by atoms with Gasteiger partial charge in [-0.1, -0.05) is 36.4 Å². The van der Waals surface area contributed by atoms with Gasteiger partial charge in [0.25, 0.3) is 0 Å². The van der Waals surface area contributed by atoms with Crippen LogP contribution in [0.1, 0.15) is 22.7 Å². The first kappa shape index (κ1) is 18.7. The Balaban J connectivity index is 1.49. The number of carbonyl (C=O) groups excluding carboxylic acids is 1. The second-order valence-corrected chi connectivity index (χ2v) is 7.11. The zero-order valence-electron chi connectivity index (χ0n) is 16.8. The Bertz CT molecular complexity index is 1150. The summed E-state index contributed by atoms with van der Waals surface area (Å²) in [6.45, 7) is 4.50. The van der Waals surface area contributed by atoms with Crippen molar-refractivity contribution in [2.75, 3.05) is 7.05 Å². The minimum atomic E-state index is -0.0864.